The zero-order chi connectivity index (χ0) is 10.6. The van der Waals surface area contributed by atoms with Crippen molar-refractivity contribution in [1.82, 2.24) is 0 Å². The molecular formula is C11H14O2S. The maximum atomic E-state index is 11.5. The molecule has 1 aromatic rings. The van der Waals surface area contributed by atoms with Crippen LogP contribution in [0.1, 0.15) is 23.7 Å². The molecule has 0 bridgehead atoms. The highest BCUT2D eigenvalue weighted by Crippen LogP contribution is 2.26. The maximum absolute atomic E-state index is 11.5. The fraction of sp³-hybridized carbons (Fsp3) is 0.364. The fourth-order valence-electron chi connectivity index (χ4n) is 1.22. The van der Waals surface area contributed by atoms with E-state index in [9.17, 15) is 4.79 Å². The van der Waals surface area contributed by atoms with E-state index in [0.29, 0.717) is 17.7 Å². The van der Waals surface area contributed by atoms with Crippen LogP contribution in [0.15, 0.2) is 23.1 Å². The summed E-state index contributed by atoms with van der Waals surface area (Å²) in [4.78, 5) is 12.6. The Kier molecular flexibility index (Phi) is 4.01. The number of Topliss-reactive ketones (excluding diaryl/α,β-unsaturated/α-hetero) is 1. The second-order valence-corrected chi connectivity index (χ2v) is 3.72. The first-order valence-corrected chi connectivity index (χ1v) is 5.70. The van der Waals surface area contributed by atoms with Gasteiger partial charge in [0, 0.05) is 11.3 Å². The molecule has 0 unspecified atom stereocenters. The first kappa shape index (κ1) is 11.1. The van der Waals surface area contributed by atoms with Gasteiger partial charge in [-0.1, -0.05) is 6.92 Å². The van der Waals surface area contributed by atoms with Crippen LogP contribution in [0, 0.1) is 0 Å². The summed E-state index contributed by atoms with van der Waals surface area (Å²) in [5, 5.41) is 0. The zero-order valence-corrected chi connectivity index (χ0v) is 9.48. The van der Waals surface area contributed by atoms with Crippen molar-refractivity contribution in [3.63, 3.8) is 0 Å². The number of thioether (sulfide) groups is 1. The van der Waals surface area contributed by atoms with Gasteiger partial charge in [-0.2, -0.15) is 0 Å². The Labute approximate surface area is 88.7 Å². The lowest BCUT2D eigenvalue weighted by Gasteiger charge is -2.07. The van der Waals surface area contributed by atoms with Gasteiger partial charge in [0.25, 0.3) is 0 Å². The van der Waals surface area contributed by atoms with Gasteiger partial charge in [0.05, 0.1) is 12.7 Å². The number of ketones is 1. The van der Waals surface area contributed by atoms with Crippen molar-refractivity contribution in [2.24, 2.45) is 0 Å². The Bertz CT molecular complexity index is 334. The molecule has 0 saturated carbocycles. The van der Waals surface area contributed by atoms with Crippen molar-refractivity contribution in [1.29, 1.82) is 0 Å². The lowest BCUT2D eigenvalue weighted by Crippen LogP contribution is -2.00. The normalized spacial score (nSPS) is 9.93. The number of hydrogen-bond donors (Lipinski definition) is 0. The Hall–Kier alpha value is -0.960. The van der Waals surface area contributed by atoms with Gasteiger partial charge in [-0.25, -0.2) is 0 Å². The van der Waals surface area contributed by atoms with Crippen LogP contribution >= 0.6 is 11.8 Å². The molecule has 0 fully saturated rings. The Morgan fingerprint density at radius 2 is 2.21 bits per heavy atom. The molecule has 0 atom stereocenters. The van der Waals surface area contributed by atoms with E-state index in [1.807, 2.05) is 31.4 Å². The molecule has 14 heavy (non-hydrogen) atoms. The van der Waals surface area contributed by atoms with Crippen LogP contribution < -0.4 is 4.74 Å². The van der Waals surface area contributed by atoms with Crippen molar-refractivity contribution < 1.29 is 9.53 Å². The van der Waals surface area contributed by atoms with Gasteiger partial charge in [-0.3, -0.25) is 4.79 Å². The molecule has 0 amide bonds. The number of carbonyl (C=O) groups excluding carboxylic acids is 1. The highest BCUT2D eigenvalue weighted by Gasteiger charge is 2.10. The minimum atomic E-state index is 0.120. The second kappa shape index (κ2) is 5.05. The van der Waals surface area contributed by atoms with Crippen molar-refractivity contribution >= 4 is 17.5 Å². The van der Waals surface area contributed by atoms with Crippen LogP contribution in [0.5, 0.6) is 5.75 Å². The molecule has 1 rings (SSSR count). The minimum Gasteiger partial charge on any atom is -0.496 e. The summed E-state index contributed by atoms with van der Waals surface area (Å²) in [7, 11) is 1.59. The predicted octanol–water partition coefficient (Wildman–Crippen LogP) is 3.01. The van der Waals surface area contributed by atoms with Gasteiger partial charge < -0.3 is 4.74 Å². The van der Waals surface area contributed by atoms with Gasteiger partial charge >= 0.3 is 0 Å². The van der Waals surface area contributed by atoms with E-state index in [1.54, 1.807) is 18.9 Å². The summed E-state index contributed by atoms with van der Waals surface area (Å²) >= 11 is 1.64. The number of methoxy groups -OCH3 is 1. The lowest BCUT2D eigenvalue weighted by molar-refractivity contribution is 0.0985. The Morgan fingerprint density at radius 1 is 1.50 bits per heavy atom. The van der Waals surface area contributed by atoms with Gasteiger partial charge in [0.2, 0.25) is 0 Å². The summed E-state index contributed by atoms with van der Waals surface area (Å²) in [5.74, 6) is 0.790. The quantitative estimate of drug-likeness (QED) is 0.564. The van der Waals surface area contributed by atoms with Crippen LogP contribution in [0.2, 0.25) is 0 Å². The maximum Gasteiger partial charge on any atom is 0.166 e. The average Bonchev–Trinajstić information content (AvgIpc) is 2.27. The summed E-state index contributed by atoms with van der Waals surface area (Å²) < 4.78 is 5.18. The van der Waals surface area contributed by atoms with Crippen LogP contribution in [-0.4, -0.2) is 19.1 Å². The molecule has 0 radical (unpaired) electrons. The van der Waals surface area contributed by atoms with Crippen molar-refractivity contribution in [3.05, 3.63) is 23.8 Å². The van der Waals surface area contributed by atoms with E-state index in [2.05, 4.69) is 0 Å². The monoisotopic (exact) mass is 210 g/mol. The zero-order valence-electron chi connectivity index (χ0n) is 8.66. The molecule has 0 aliphatic carbocycles. The highest BCUT2D eigenvalue weighted by atomic mass is 32.2. The molecule has 3 heteroatoms. The van der Waals surface area contributed by atoms with Gasteiger partial charge in [-0.05, 0) is 24.5 Å². The van der Waals surface area contributed by atoms with E-state index in [4.69, 9.17) is 4.74 Å². The SMILES string of the molecule is CCC(=O)c1ccc(SC)cc1OC. The number of ether oxygens (including phenoxy) is 1. The molecule has 0 saturated heterocycles. The largest absolute Gasteiger partial charge is 0.496 e. The highest BCUT2D eigenvalue weighted by molar-refractivity contribution is 7.98. The van der Waals surface area contributed by atoms with E-state index in [0.717, 1.165) is 4.90 Å². The van der Waals surface area contributed by atoms with Gasteiger partial charge in [0.1, 0.15) is 5.75 Å². The Morgan fingerprint density at radius 3 is 2.71 bits per heavy atom. The van der Waals surface area contributed by atoms with E-state index >= 15 is 0 Å². The number of rotatable bonds is 4. The lowest BCUT2D eigenvalue weighted by atomic mass is 10.1. The van der Waals surface area contributed by atoms with E-state index in [-0.39, 0.29) is 5.78 Å². The molecule has 0 heterocycles. The molecule has 0 aromatic heterocycles. The van der Waals surface area contributed by atoms with Gasteiger partial charge in [-0.15, -0.1) is 11.8 Å². The molecule has 0 spiro atoms. The van der Waals surface area contributed by atoms with Crippen LogP contribution in [0.3, 0.4) is 0 Å². The first-order valence-electron chi connectivity index (χ1n) is 4.48. The summed E-state index contributed by atoms with van der Waals surface area (Å²) in [6.07, 6.45) is 2.51. The summed E-state index contributed by atoms with van der Waals surface area (Å²) in [6, 6.07) is 5.67. The third kappa shape index (κ3) is 2.29. The van der Waals surface area contributed by atoms with Crippen molar-refractivity contribution in [2.45, 2.75) is 18.2 Å². The van der Waals surface area contributed by atoms with E-state index < -0.39 is 0 Å². The fourth-order valence-corrected chi connectivity index (χ4v) is 1.65. The Balaban J connectivity index is 3.11. The molecule has 1 aromatic carbocycles. The smallest absolute Gasteiger partial charge is 0.166 e. The predicted molar refractivity (Wildman–Crippen MR) is 59.4 cm³/mol. The molecule has 0 aliphatic rings. The standard InChI is InChI=1S/C11H14O2S/c1-4-10(12)9-6-5-8(14-3)7-11(9)13-2/h5-7H,4H2,1-3H3. The summed E-state index contributed by atoms with van der Waals surface area (Å²) in [6.45, 7) is 1.85. The molecule has 0 aliphatic heterocycles. The van der Waals surface area contributed by atoms with Crippen molar-refractivity contribution in [2.75, 3.05) is 13.4 Å². The number of hydrogen-bond acceptors (Lipinski definition) is 3. The third-order valence-electron chi connectivity index (χ3n) is 2.03. The topological polar surface area (TPSA) is 26.3 Å². The average molecular weight is 210 g/mol. The first-order chi connectivity index (χ1) is 6.72. The van der Waals surface area contributed by atoms with Gasteiger partial charge in [0.15, 0.2) is 5.78 Å². The van der Waals surface area contributed by atoms with Crippen LogP contribution in [-0.2, 0) is 0 Å². The molecular weight excluding hydrogens is 196 g/mol. The van der Waals surface area contributed by atoms with Crippen LogP contribution in [0.25, 0.3) is 0 Å². The second-order valence-electron chi connectivity index (χ2n) is 2.84. The molecule has 0 N–H and O–H groups in total. The van der Waals surface area contributed by atoms with Crippen molar-refractivity contribution in [3.8, 4) is 5.75 Å². The molecule has 2 nitrogen and oxygen atoms in total. The summed E-state index contributed by atoms with van der Waals surface area (Å²) in [5.41, 5.74) is 0.674. The number of carbonyl (C=O) groups is 1. The third-order valence-corrected chi connectivity index (χ3v) is 2.76. The number of benzene rings is 1. The van der Waals surface area contributed by atoms with Crippen LogP contribution in [0.4, 0.5) is 0 Å². The minimum absolute atomic E-state index is 0.120. The molecule has 76 valence electrons. The van der Waals surface area contributed by atoms with E-state index in [1.165, 1.54) is 0 Å².